The van der Waals surface area contributed by atoms with Gasteiger partial charge in [-0.25, -0.2) is 4.98 Å². The number of nitrogens with one attached hydrogen (secondary N) is 2. The van der Waals surface area contributed by atoms with E-state index in [1.807, 2.05) is 6.92 Å². The fraction of sp³-hybridized carbons (Fsp3) is 0.333. The third-order valence-corrected chi connectivity index (χ3v) is 3.99. The largest absolute Gasteiger partial charge is 0.495 e. The molecule has 0 saturated carbocycles. The van der Waals surface area contributed by atoms with E-state index in [1.54, 1.807) is 37.6 Å². The molecule has 0 aliphatic carbocycles. The van der Waals surface area contributed by atoms with Gasteiger partial charge in [-0.15, -0.1) is 0 Å². The Morgan fingerprint density at radius 2 is 2.08 bits per heavy atom. The zero-order valence-corrected chi connectivity index (χ0v) is 15.3. The standard InChI is InChI=1S/C18H22ClN3O3/c1-12-9-15(16(25-3)11-14(12)19)22-18(23)13-5-7-21-17(10-13)20-6-4-8-24-2/h5,7,9-11H,4,6,8H2,1-3H3,(H,20,21)(H,22,23). The lowest BCUT2D eigenvalue weighted by atomic mass is 10.2. The van der Waals surface area contributed by atoms with E-state index in [-0.39, 0.29) is 5.91 Å². The molecular formula is C18H22ClN3O3. The number of pyridine rings is 1. The van der Waals surface area contributed by atoms with E-state index in [0.29, 0.717) is 34.4 Å². The number of aryl methyl sites for hydroxylation is 1. The topological polar surface area (TPSA) is 72.5 Å². The molecule has 0 atom stereocenters. The molecule has 1 amide bonds. The fourth-order valence-electron chi connectivity index (χ4n) is 2.23. The van der Waals surface area contributed by atoms with Gasteiger partial charge in [0.05, 0.1) is 12.8 Å². The molecule has 25 heavy (non-hydrogen) atoms. The van der Waals surface area contributed by atoms with Crippen molar-refractivity contribution in [2.75, 3.05) is 38.0 Å². The first-order valence-electron chi connectivity index (χ1n) is 7.89. The highest BCUT2D eigenvalue weighted by atomic mass is 35.5. The first-order valence-corrected chi connectivity index (χ1v) is 8.27. The SMILES string of the molecule is COCCCNc1cc(C(=O)Nc2cc(C)c(Cl)cc2OC)ccn1. The number of anilines is 2. The third-order valence-electron chi connectivity index (χ3n) is 3.58. The molecule has 0 unspecified atom stereocenters. The van der Waals surface area contributed by atoms with Crippen LogP contribution in [0.4, 0.5) is 11.5 Å². The summed E-state index contributed by atoms with van der Waals surface area (Å²) in [5.41, 5.74) is 1.92. The van der Waals surface area contributed by atoms with Gasteiger partial charge in [-0.3, -0.25) is 4.79 Å². The van der Waals surface area contributed by atoms with Crippen LogP contribution < -0.4 is 15.4 Å². The van der Waals surface area contributed by atoms with Gasteiger partial charge in [0.1, 0.15) is 11.6 Å². The molecule has 1 heterocycles. The molecule has 134 valence electrons. The second kappa shape index (κ2) is 9.25. The Labute approximate surface area is 152 Å². The molecule has 0 aliphatic heterocycles. The molecule has 0 spiro atoms. The summed E-state index contributed by atoms with van der Waals surface area (Å²) in [7, 11) is 3.20. The number of nitrogens with zero attached hydrogens (tertiary/aromatic N) is 1. The average Bonchev–Trinajstić information content (AvgIpc) is 2.62. The van der Waals surface area contributed by atoms with Crippen LogP contribution in [0.25, 0.3) is 0 Å². The van der Waals surface area contributed by atoms with Crippen molar-refractivity contribution in [1.29, 1.82) is 0 Å². The van der Waals surface area contributed by atoms with Crippen LogP contribution in [-0.2, 0) is 4.74 Å². The summed E-state index contributed by atoms with van der Waals surface area (Å²) in [4.78, 5) is 16.7. The van der Waals surface area contributed by atoms with E-state index < -0.39 is 0 Å². The van der Waals surface area contributed by atoms with Crippen LogP contribution >= 0.6 is 11.6 Å². The van der Waals surface area contributed by atoms with E-state index in [4.69, 9.17) is 21.1 Å². The number of ether oxygens (including phenoxy) is 2. The number of rotatable bonds is 8. The van der Waals surface area contributed by atoms with E-state index in [0.717, 1.165) is 18.5 Å². The van der Waals surface area contributed by atoms with Crippen molar-refractivity contribution in [2.45, 2.75) is 13.3 Å². The van der Waals surface area contributed by atoms with Gasteiger partial charge in [-0.1, -0.05) is 11.6 Å². The van der Waals surface area contributed by atoms with Crippen LogP contribution in [0.2, 0.25) is 5.02 Å². The predicted octanol–water partition coefficient (Wildman–Crippen LogP) is 3.75. The van der Waals surface area contributed by atoms with Crippen molar-refractivity contribution < 1.29 is 14.3 Å². The van der Waals surface area contributed by atoms with Crippen molar-refractivity contribution in [3.05, 3.63) is 46.6 Å². The molecule has 7 heteroatoms. The maximum atomic E-state index is 12.5. The zero-order chi connectivity index (χ0) is 18.2. The lowest BCUT2D eigenvalue weighted by Crippen LogP contribution is -2.14. The highest BCUT2D eigenvalue weighted by Crippen LogP contribution is 2.31. The van der Waals surface area contributed by atoms with Gasteiger partial charge in [0.25, 0.3) is 5.91 Å². The van der Waals surface area contributed by atoms with Crippen LogP contribution in [-0.4, -0.2) is 38.3 Å². The Morgan fingerprint density at radius 1 is 1.28 bits per heavy atom. The summed E-state index contributed by atoms with van der Waals surface area (Å²) in [5.74, 6) is 0.904. The minimum Gasteiger partial charge on any atom is -0.495 e. The molecule has 0 fully saturated rings. The van der Waals surface area contributed by atoms with E-state index in [9.17, 15) is 4.79 Å². The smallest absolute Gasteiger partial charge is 0.255 e. The van der Waals surface area contributed by atoms with Gasteiger partial charge >= 0.3 is 0 Å². The normalized spacial score (nSPS) is 10.4. The Hall–Kier alpha value is -2.31. The molecule has 0 bridgehead atoms. The first-order chi connectivity index (χ1) is 12.0. The minimum atomic E-state index is -0.248. The molecule has 6 nitrogen and oxygen atoms in total. The number of halogens is 1. The summed E-state index contributed by atoms with van der Waals surface area (Å²) >= 11 is 6.09. The van der Waals surface area contributed by atoms with Crippen molar-refractivity contribution in [3.63, 3.8) is 0 Å². The van der Waals surface area contributed by atoms with Gasteiger partial charge in [-0.2, -0.15) is 0 Å². The highest BCUT2D eigenvalue weighted by Gasteiger charge is 2.12. The number of hydrogen-bond donors (Lipinski definition) is 2. The maximum Gasteiger partial charge on any atom is 0.255 e. The Kier molecular flexibility index (Phi) is 7.03. The summed E-state index contributed by atoms with van der Waals surface area (Å²) in [6, 6.07) is 6.83. The Bertz CT molecular complexity index is 738. The lowest BCUT2D eigenvalue weighted by Gasteiger charge is -2.13. The van der Waals surface area contributed by atoms with Gasteiger partial charge < -0.3 is 20.1 Å². The van der Waals surface area contributed by atoms with Gasteiger partial charge in [0.2, 0.25) is 0 Å². The Balaban J connectivity index is 2.09. The number of aromatic nitrogens is 1. The summed E-state index contributed by atoms with van der Waals surface area (Å²) in [6.45, 7) is 3.25. The molecule has 0 radical (unpaired) electrons. The molecule has 2 N–H and O–H groups in total. The maximum absolute atomic E-state index is 12.5. The van der Waals surface area contributed by atoms with Crippen LogP contribution in [0, 0.1) is 6.92 Å². The number of hydrogen-bond acceptors (Lipinski definition) is 5. The molecular weight excluding hydrogens is 342 g/mol. The van der Waals surface area contributed by atoms with Crippen LogP contribution in [0.5, 0.6) is 5.75 Å². The van der Waals surface area contributed by atoms with Crippen molar-refractivity contribution in [1.82, 2.24) is 4.98 Å². The number of carbonyl (C=O) groups is 1. The predicted molar refractivity (Wildman–Crippen MR) is 99.9 cm³/mol. The number of amides is 1. The monoisotopic (exact) mass is 363 g/mol. The van der Waals surface area contributed by atoms with E-state index >= 15 is 0 Å². The summed E-state index contributed by atoms with van der Waals surface area (Å²) < 4.78 is 10.3. The lowest BCUT2D eigenvalue weighted by molar-refractivity contribution is 0.102. The van der Waals surface area contributed by atoms with Gasteiger partial charge in [0, 0.05) is 43.1 Å². The highest BCUT2D eigenvalue weighted by molar-refractivity contribution is 6.31. The molecule has 2 rings (SSSR count). The van der Waals surface area contributed by atoms with Crippen molar-refractivity contribution >= 4 is 29.0 Å². The van der Waals surface area contributed by atoms with E-state index in [1.165, 1.54) is 7.11 Å². The molecule has 0 aliphatic rings. The molecule has 2 aromatic rings. The number of methoxy groups -OCH3 is 2. The summed E-state index contributed by atoms with van der Waals surface area (Å²) in [5, 5.41) is 6.60. The zero-order valence-electron chi connectivity index (χ0n) is 14.6. The van der Waals surface area contributed by atoms with Gasteiger partial charge in [0.15, 0.2) is 0 Å². The third kappa shape index (κ3) is 5.34. The average molecular weight is 364 g/mol. The van der Waals surface area contributed by atoms with Crippen molar-refractivity contribution in [2.24, 2.45) is 0 Å². The van der Waals surface area contributed by atoms with Crippen molar-refractivity contribution in [3.8, 4) is 5.75 Å². The second-order valence-corrected chi connectivity index (χ2v) is 5.87. The molecule has 1 aromatic heterocycles. The fourth-order valence-corrected chi connectivity index (χ4v) is 2.38. The first kappa shape index (κ1) is 19.0. The number of benzene rings is 1. The quantitative estimate of drug-likeness (QED) is 0.699. The molecule has 1 aromatic carbocycles. The summed E-state index contributed by atoms with van der Waals surface area (Å²) in [6.07, 6.45) is 2.45. The second-order valence-electron chi connectivity index (χ2n) is 5.46. The minimum absolute atomic E-state index is 0.248. The van der Waals surface area contributed by atoms with E-state index in [2.05, 4.69) is 15.6 Å². The van der Waals surface area contributed by atoms with Gasteiger partial charge in [-0.05, 0) is 37.1 Å². The molecule has 0 saturated heterocycles. The van der Waals surface area contributed by atoms with Crippen LogP contribution in [0.1, 0.15) is 22.3 Å². The van der Waals surface area contributed by atoms with Crippen LogP contribution in [0.3, 0.4) is 0 Å². The Morgan fingerprint density at radius 3 is 2.80 bits per heavy atom. The van der Waals surface area contributed by atoms with Crippen LogP contribution in [0.15, 0.2) is 30.5 Å². The number of carbonyl (C=O) groups excluding carboxylic acids is 1.